The number of benzene rings is 2. The number of hydrogen-bond acceptors (Lipinski definition) is 8. The minimum atomic E-state index is 0.0220. The molecule has 0 radical (unpaired) electrons. The van der Waals surface area contributed by atoms with Crippen LogP contribution in [0.5, 0.6) is 11.5 Å². The molecule has 5 rings (SSSR count). The smallest absolute Gasteiger partial charge is 0.124 e. The van der Waals surface area contributed by atoms with Crippen LogP contribution < -0.4 is 14.4 Å². The van der Waals surface area contributed by atoms with E-state index in [2.05, 4.69) is 15.0 Å². The Morgan fingerprint density at radius 3 is 2.47 bits per heavy atom. The summed E-state index contributed by atoms with van der Waals surface area (Å²) in [6.45, 7) is 1.05. The van der Waals surface area contributed by atoms with Crippen molar-refractivity contribution < 1.29 is 14.6 Å². The van der Waals surface area contributed by atoms with Crippen LogP contribution in [0.2, 0.25) is 4.34 Å². The molecule has 0 saturated carbocycles. The highest BCUT2D eigenvalue weighted by atomic mass is 35.5. The van der Waals surface area contributed by atoms with Crippen LogP contribution in [0.4, 0.5) is 11.4 Å². The van der Waals surface area contributed by atoms with E-state index < -0.39 is 0 Å². The van der Waals surface area contributed by atoms with Crippen molar-refractivity contribution in [2.45, 2.75) is 13.1 Å². The fourth-order valence-corrected chi connectivity index (χ4v) is 4.98. The lowest BCUT2D eigenvalue weighted by Gasteiger charge is -2.26. The summed E-state index contributed by atoms with van der Waals surface area (Å²) in [7, 11) is 3.27. The molecule has 8 nitrogen and oxygen atoms in total. The molecule has 3 aromatic heterocycles. The Morgan fingerprint density at radius 1 is 0.972 bits per heavy atom. The predicted octanol–water partition coefficient (Wildman–Crippen LogP) is 5.56. The first kappa shape index (κ1) is 24.1. The number of aliphatic hydroxyl groups is 1. The van der Waals surface area contributed by atoms with Gasteiger partial charge in [0.1, 0.15) is 11.5 Å². The van der Waals surface area contributed by atoms with Crippen LogP contribution in [-0.2, 0) is 13.1 Å². The van der Waals surface area contributed by atoms with Gasteiger partial charge < -0.3 is 19.5 Å². The minimum absolute atomic E-state index is 0.0220. The van der Waals surface area contributed by atoms with E-state index in [0.717, 1.165) is 37.2 Å². The lowest BCUT2D eigenvalue weighted by Crippen LogP contribution is -2.16. The molecule has 184 valence electrons. The molecule has 0 fully saturated rings. The normalized spacial score (nSPS) is 11.1. The molecule has 3 heterocycles. The lowest BCUT2D eigenvalue weighted by atomic mass is 10.2. The second kappa shape index (κ2) is 10.5. The molecule has 0 aliphatic rings. The molecule has 2 aromatic carbocycles. The van der Waals surface area contributed by atoms with Crippen molar-refractivity contribution in [3.63, 3.8) is 0 Å². The maximum atomic E-state index is 9.17. The highest BCUT2D eigenvalue weighted by Crippen LogP contribution is 2.36. The largest absolute Gasteiger partial charge is 0.497 e. The van der Waals surface area contributed by atoms with E-state index in [-0.39, 0.29) is 6.61 Å². The van der Waals surface area contributed by atoms with Gasteiger partial charge >= 0.3 is 0 Å². The summed E-state index contributed by atoms with van der Waals surface area (Å²) >= 11 is 7.77. The molecule has 0 bridgehead atoms. The van der Waals surface area contributed by atoms with Gasteiger partial charge in [0.05, 0.1) is 67.4 Å². The maximum absolute atomic E-state index is 9.17. The Labute approximate surface area is 217 Å². The number of aliphatic hydroxyl groups excluding tert-OH is 1. The molecule has 1 N–H and O–H groups in total. The molecular weight excluding hydrogens is 498 g/mol. The van der Waals surface area contributed by atoms with Crippen LogP contribution in [-0.4, -0.2) is 45.7 Å². The number of rotatable bonds is 9. The van der Waals surface area contributed by atoms with Crippen LogP contribution in [0.25, 0.3) is 22.3 Å². The molecule has 0 atom stereocenters. The number of aromatic nitrogens is 4. The topological polar surface area (TPSA) is 85.5 Å². The highest BCUT2D eigenvalue weighted by Gasteiger charge is 2.16. The second-order valence-corrected chi connectivity index (χ2v) is 9.81. The lowest BCUT2D eigenvalue weighted by molar-refractivity contribution is 0.269. The van der Waals surface area contributed by atoms with Gasteiger partial charge in [-0.2, -0.15) is 5.10 Å². The first-order valence-electron chi connectivity index (χ1n) is 11.2. The van der Waals surface area contributed by atoms with Gasteiger partial charge in [0.2, 0.25) is 0 Å². The standard InChI is InChI=1S/C26H24ClN5O3S/c1-34-20-9-19(10-21(12-20)35-2)32(16-22-4-6-26(27)36-22)18-3-5-23-24(11-18)30-25(14-28-23)17-13-29-31(15-17)7-8-33/h3-6,9-15,33H,7-8,16H2,1-2H3. The average molecular weight is 522 g/mol. The van der Waals surface area contributed by atoms with Gasteiger partial charge in [-0.05, 0) is 30.3 Å². The van der Waals surface area contributed by atoms with Crippen molar-refractivity contribution in [1.82, 2.24) is 19.7 Å². The Hall–Kier alpha value is -3.66. The third-order valence-electron chi connectivity index (χ3n) is 5.69. The monoisotopic (exact) mass is 521 g/mol. The number of nitrogens with zero attached hydrogens (tertiary/aromatic N) is 5. The summed E-state index contributed by atoms with van der Waals surface area (Å²) in [6, 6.07) is 15.7. The van der Waals surface area contributed by atoms with Crippen LogP contribution >= 0.6 is 22.9 Å². The van der Waals surface area contributed by atoms with E-state index >= 15 is 0 Å². The number of methoxy groups -OCH3 is 2. The zero-order valence-electron chi connectivity index (χ0n) is 19.8. The maximum Gasteiger partial charge on any atom is 0.124 e. The van der Waals surface area contributed by atoms with Gasteiger partial charge in [0, 0.05) is 46.2 Å². The predicted molar refractivity (Wildman–Crippen MR) is 143 cm³/mol. The third kappa shape index (κ3) is 5.13. The SMILES string of the molecule is COc1cc(OC)cc(N(Cc2ccc(Cl)s2)c2ccc3ncc(-c4cnn(CCO)c4)nc3c2)c1. The van der Waals surface area contributed by atoms with Crippen LogP contribution in [0, 0.1) is 0 Å². The number of ether oxygens (including phenoxy) is 2. The molecule has 0 unspecified atom stereocenters. The van der Waals surface area contributed by atoms with Crippen LogP contribution in [0.3, 0.4) is 0 Å². The summed E-state index contributed by atoms with van der Waals surface area (Å²) in [5.74, 6) is 1.39. The van der Waals surface area contributed by atoms with Gasteiger partial charge in [-0.25, -0.2) is 4.98 Å². The van der Waals surface area contributed by atoms with E-state index in [1.807, 2.05) is 54.7 Å². The van der Waals surface area contributed by atoms with Gasteiger partial charge in [-0.1, -0.05) is 11.6 Å². The third-order valence-corrected chi connectivity index (χ3v) is 6.90. The molecule has 0 aliphatic carbocycles. The quantitative estimate of drug-likeness (QED) is 0.272. The van der Waals surface area contributed by atoms with Crippen LogP contribution in [0.15, 0.2) is 67.1 Å². The number of hydrogen-bond donors (Lipinski definition) is 1. The Morgan fingerprint density at radius 2 is 1.78 bits per heavy atom. The number of halogens is 1. The Kier molecular flexibility index (Phi) is 7.04. The van der Waals surface area contributed by atoms with Gasteiger partial charge in [0.25, 0.3) is 0 Å². The summed E-state index contributed by atoms with van der Waals surface area (Å²) in [5.41, 5.74) is 4.93. The van der Waals surface area contributed by atoms with E-state index in [1.54, 1.807) is 42.6 Å². The zero-order valence-corrected chi connectivity index (χ0v) is 21.3. The average Bonchev–Trinajstić information content (AvgIpc) is 3.55. The number of anilines is 2. The molecule has 0 amide bonds. The van der Waals surface area contributed by atoms with E-state index in [0.29, 0.717) is 30.3 Å². The van der Waals surface area contributed by atoms with Crippen molar-refractivity contribution in [2.75, 3.05) is 25.7 Å². The Bertz CT molecular complexity index is 1480. The zero-order chi connectivity index (χ0) is 25.1. The van der Waals surface area contributed by atoms with Crippen molar-refractivity contribution in [1.29, 1.82) is 0 Å². The summed E-state index contributed by atoms with van der Waals surface area (Å²) in [5, 5.41) is 13.5. The van der Waals surface area contributed by atoms with Crippen molar-refractivity contribution in [3.05, 3.63) is 76.3 Å². The van der Waals surface area contributed by atoms with Crippen LogP contribution in [0.1, 0.15) is 4.88 Å². The molecule has 0 aliphatic heterocycles. The minimum Gasteiger partial charge on any atom is -0.497 e. The molecule has 10 heteroatoms. The van der Waals surface area contributed by atoms with E-state index in [9.17, 15) is 5.11 Å². The highest BCUT2D eigenvalue weighted by molar-refractivity contribution is 7.16. The van der Waals surface area contributed by atoms with Crippen molar-refractivity contribution in [2.24, 2.45) is 0 Å². The number of fused-ring (bicyclic) bond motifs is 1. The molecule has 36 heavy (non-hydrogen) atoms. The van der Waals surface area contributed by atoms with Gasteiger partial charge in [0.15, 0.2) is 0 Å². The second-order valence-electron chi connectivity index (χ2n) is 8.01. The van der Waals surface area contributed by atoms with E-state index in [1.165, 1.54) is 0 Å². The number of thiophene rings is 1. The molecular formula is C26H24ClN5O3S. The summed E-state index contributed by atoms with van der Waals surface area (Å²) in [4.78, 5) is 12.7. The molecule has 0 saturated heterocycles. The van der Waals surface area contributed by atoms with Gasteiger partial charge in [-0.15, -0.1) is 11.3 Å². The summed E-state index contributed by atoms with van der Waals surface area (Å²) in [6.07, 6.45) is 5.32. The first-order valence-corrected chi connectivity index (χ1v) is 12.4. The molecule has 0 spiro atoms. The van der Waals surface area contributed by atoms with Gasteiger partial charge in [-0.3, -0.25) is 9.67 Å². The fourth-order valence-electron chi connectivity index (χ4n) is 3.90. The Balaban J connectivity index is 1.58. The first-order chi connectivity index (χ1) is 17.6. The summed E-state index contributed by atoms with van der Waals surface area (Å²) < 4.78 is 13.5. The molecule has 5 aromatic rings. The van der Waals surface area contributed by atoms with Crippen molar-refractivity contribution >= 4 is 45.3 Å². The van der Waals surface area contributed by atoms with E-state index in [4.69, 9.17) is 26.1 Å². The van der Waals surface area contributed by atoms with Crippen molar-refractivity contribution in [3.8, 4) is 22.8 Å². The fraction of sp³-hybridized carbons (Fsp3) is 0.192.